The predicted octanol–water partition coefficient (Wildman–Crippen LogP) is 2.35. The molecule has 0 atom stereocenters. The number of hydrogen-bond donors (Lipinski definition) is 2. The lowest BCUT2D eigenvalue weighted by Gasteiger charge is -2.16. The first kappa shape index (κ1) is 17.2. The van der Waals surface area contributed by atoms with E-state index >= 15 is 0 Å². The summed E-state index contributed by atoms with van der Waals surface area (Å²) in [7, 11) is 1.65. The average molecular weight is 364 g/mol. The number of H-pyrrole nitrogens is 2. The molecule has 7 heteroatoms. The topological polar surface area (TPSA) is 98.9 Å². The number of amides is 1. The number of para-hydroxylation sites is 1. The van der Waals surface area contributed by atoms with Crippen LogP contribution in [0, 0.1) is 6.92 Å². The first-order chi connectivity index (χ1) is 13.0. The van der Waals surface area contributed by atoms with Crippen LogP contribution in [0.15, 0.2) is 29.1 Å². The molecule has 0 saturated heterocycles. The highest BCUT2D eigenvalue weighted by Crippen LogP contribution is 2.27. The Labute approximate surface area is 155 Å². The number of carbonyl (C=O) groups is 2. The summed E-state index contributed by atoms with van der Waals surface area (Å²) < 4.78 is 0. The third kappa shape index (κ3) is 2.95. The summed E-state index contributed by atoms with van der Waals surface area (Å²) in [5, 5.41) is 0.515. The second-order valence-corrected chi connectivity index (χ2v) is 6.95. The molecular formula is C20H20N4O3. The fourth-order valence-corrected chi connectivity index (χ4v) is 3.69. The quantitative estimate of drug-likeness (QED) is 0.745. The number of rotatable bonds is 3. The van der Waals surface area contributed by atoms with E-state index < -0.39 is 0 Å². The molecule has 2 N–H and O–H groups in total. The number of carbonyl (C=O) groups excluding carboxylic acids is 2. The first-order valence-electron chi connectivity index (χ1n) is 8.93. The van der Waals surface area contributed by atoms with Gasteiger partial charge < -0.3 is 14.9 Å². The SMILES string of the molecule is Cc1c(C(=O)N(C)Cc2nc3ccccc3c(=O)[nH]2)[nH]c2c1C(=O)CCC2. The van der Waals surface area contributed by atoms with Gasteiger partial charge in [-0.1, -0.05) is 12.1 Å². The average Bonchev–Trinajstić information content (AvgIpc) is 2.99. The van der Waals surface area contributed by atoms with Gasteiger partial charge >= 0.3 is 0 Å². The highest BCUT2D eigenvalue weighted by atomic mass is 16.2. The van der Waals surface area contributed by atoms with Gasteiger partial charge in [0, 0.05) is 24.7 Å². The molecule has 1 aromatic carbocycles. The van der Waals surface area contributed by atoms with E-state index in [2.05, 4.69) is 15.0 Å². The maximum Gasteiger partial charge on any atom is 0.270 e. The highest BCUT2D eigenvalue weighted by Gasteiger charge is 2.27. The van der Waals surface area contributed by atoms with Gasteiger partial charge in [-0.25, -0.2) is 4.98 Å². The number of ketones is 1. The molecular weight excluding hydrogens is 344 g/mol. The Kier molecular flexibility index (Phi) is 4.14. The van der Waals surface area contributed by atoms with E-state index in [-0.39, 0.29) is 23.8 Å². The summed E-state index contributed by atoms with van der Waals surface area (Å²) in [6.07, 6.45) is 2.10. The lowest BCUT2D eigenvalue weighted by molar-refractivity contribution is 0.0775. The zero-order valence-electron chi connectivity index (χ0n) is 15.3. The van der Waals surface area contributed by atoms with Crippen molar-refractivity contribution in [3.8, 4) is 0 Å². The Bertz CT molecular complexity index is 1130. The largest absolute Gasteiger partial charge is 0.354 e. The van der Waals surface area contributed by atoms with Crippen LogP contribution in [-0.4, -0.2) is 38.6 Å². The molecule has 1 aliphatic rings. The van der Waals surface area contributed by atoms with Crippen LogP contribution in [-0.2, 0) is 13.0 Å². The number of nitrogens with zero attached hydrogens (tertiary/aromatic N) is 2. The molecule has 4 rings (SSSR count). The highest BCUT2D eigenvalue weighted by molar-refractivity contribution is 6.04. The summed E-state index contributed by atoms with van der Waals surface area (Å²) in [6, 6.07) is 7.08. The summed E-state index contributed by atoms with van der Waals surface area (Å²) in [5.74, 6) is 0.275. The maximum absolute atomic E-state index is 12.9. The monoisotopic (exact) mass is 364 g/mol. The van der Waals surface area contributed by atoms with Gasteiger partial charge in [0.2, 0.25) is 0 Å². The number of hydrogen-bond acceptors (Lipinski definition) is 4. The van der Waals surface area contributed by atoms with Gasteiger partial charge in [0.25, 0.3) is 11.5 Å². The Morgan fingerprint density at radius 2 is 1.96 bits per heavy atom. The zero-order valence-corrected chi connectivity index (χ0v) is 15.3. The van der Waals surface area contributed by atoms with Gasteiger partial charge in [-0.15, -0.1) is 0 Å². The van der Waals surface area contributed by atoms with Crippen molar-refractivity contribution in [2.24, 2.45) is 0 Å². The van der Waals surface area contributed by atoms with Gasteiger partial charge in [0.1, 0.15) is 11.5 Å². The molecule has 0 unspecified atom stereocenters. The van der Waals surface area contributed by atoms with E-state index in [0.29, 0.717) is 40.0 Å². The molecule has 3 aromatic rings. The number of nitrogens with one attached hydrogen (secondary N) is 2. The Morgan fingerprint density at radius 1 is 1.19 bits per heavy atom. The smallest absolute Gasteiger partial charge is 0.270 e. The summed E-state index contributed by atoms with van der Waals surface area (Å²) in [5.41, 5.74) is 3.00. The van der Waals surface area contributed by atoms with Gasteiger partial charge in [0.15, 0.2) is 5.78 Å². The summed E-state index contributed by atoms with van der Waals surface area (Å²) >= 11 is 0. The minimum Gasteiger partial charge on any atom is -0.354 e. The van der Waals surface area contributed by atoms with E-state index in [1.54, 1.807) is 32.2 Å². The molecule has 7 nitrogen and oxygen atoms in total. The van der Waals surface area contributed by atoms with Gasteiger partial charge in [-0.3, -0.25) is 14.4 Å². The lowest BCUT2D eigenvalue weighted by atomic mass is 9.94. The number of aromatic amines is 2. The minimum absolute atomic E-state index is 0.0900. The van der Waals surface area contributed by atoms with E-state index in [0.717, 1.165) is 18.5 Å². The third-order valence-electron chi connectivity index (χ3n) is 5.05. The van der Waals surface area contributed by atoms with Crippen LogP contribution < -0.4 is 5.56 Å². The summed E-state index contributed by atoms with van der Waals surface area (Å²) in [4.78, 5) is 49.1. The van der Waals surface area contributed by atoms with Crippen LogP contribution in [0.25, 0.3) is 10.9 Å². The van der Waals surface area contributed by atoms with Crippen LogP contribution >= 0.6 is 0 Å². The molecule has 2 aromatic heterocycles. The minimum atomic E-state index is -0.231. The van der Waals surface area contributed by atoms with Crippen molar-refractivity contribution in [1.29, 1.82) is 0 Å². The van der Waals surface area contributed by atoms with Crippen molar-refractivity contribution in [2.75, 3.05) is 7.05 Å². The molecule has 0 spiro atoms. The number of aryl methyl sites for hydroxylation is 1. The molecule has 0 radical (unpaired) electrons. The van der Waals surface area contributed by atoms with E-state index in [4.69, 9.17) is 0 Å². The lowest BCUT2D eigenvalue weighted by Crippen LogP contribution is -2.29. The van der Waals surface area contributed by atoms with Gasteiger partial charge in [-0.05, 0) is 37.5 Å². The number of fused-ring (bicyclic) bond motifs is 2. The molecule has 0 saturated carbocycles. The zero-order chi connectivity index (χ0) is 19.1. The van der Waals surface area contributed by atoms with Crippen molar-refractivity contribution in [1.82, 2.24) is 19.9 Å². The summed E-state index contributed by atoms with van der Waals surface area (Å²) in [6.45, 7) is 1.96. The molecule has 27 heavy (non-hydrogen) atoms. The second kappa shape index (κ2) is 6.50. The van der Waals surface area contributed by atoms with E-state index in [1.807, 2.05) is 6.07 Å². The molecule has 1 amide bonds. The van der Waals surface area contributed by atoms with Crippen molar-refractivity contribution in [3.63, 3.8) is 0 Å². The van der Waals surface area contributed by atoms with Crippen LogP contribution in [0.2, 0.25) is 0 Å². The Morgan fingerprint density at radius 3 is 2.74 bits per heavy atom. The third-order valence-corrected chi connectivity index (χ3v) is 5.05. The molecule has 0 aliphatic heterocycles. The van der Waals surface area contributed by atoms with Crippen LogP contribution in [0.3, 0.4) is 0 Å². The van der Waals surface area contributed by atoms with Gasteiger partial charge in [0.05, 0.1) is 17.4 Å². The van der Waals surface area contributed by atoms with Crippen molar-refractivity contribution < 1.29 is 9.59 Å². The molecule has 0 bridgehead atoms. The normalized spacial score (nSPS) is 13.6. The molecule has 1 aliphatic carbocycles. The molecule has 0 fully saturated rings. The van der Waals surface area contributed by atoms with Crippen LogP contribution in [0.1, 0.15) is 50.8 Å². The predicted molar refractivity (Wildman–Crippen MR) is 101 cm³/mol. The number of Topliss-reactive ketones (excluding diaryl/α,β-unsaturated/α-hetero) is 1. The second-order valence-electron chi connectivity index (χ2n) is 6.95. The van der Waals surface area contributed by atoms with E-state index in [1.165, 1.54) is 4.90 Å². The van der Waals surface area contributed by atoms with Gasteiger partial charge in [-0.2, -0.15) is 0 Å². The van der Waals surface area contributed by atoms with Crippen molar-refractivity contribution >= 4 is 22.6 Å². The van der Waals surface area contributed by atoms with Crippen LogP contribution in [0.5, 0.6) is 0 Å². The number of aromatic nitrogens is 3. The molecule has 2 heterocycles. The first-order valence-corrected chi connectivity index (χ1v) is 8.93. The van der Waals surface area contributed by atoms with Crippen molar-refractivity contribution in [3.05, 3.63) is 63.0 Å². The van der Waals surface area contributed by atoms with Crippen LogP contribution in [0.4, 0.5) is 0 Å². The van der Waals surface area contributed by atoms with E-state index in [9.17, 15) is 14.4 Å². The number of benzene rings is 1. The maximum atomic E-state index is 12.9. The fourth-order valence-electron chi connectivity index (χ4n) is 3.69. The standard InChI is InChI=1S/C20H20N4O3/c1-11-17-14(8-5-9-15(17)25)22-18(11)20(27)24(2)10-16-21-13-7-4-3-6-12(13)19(26)23-16/h3-4,6-7,22H,5,8-10H2,1-2H3,(H,21,23,26). The Balaban J connectivity index is 1.62. The fraction of sp³-hybridized carbons (Fsp3) is 0.300. The molecule has 138 valence electrons. The Hall–Kier alpha value is -3.22. The van der Waals surface area contributed by atoms with Crippen molar-refractivity contribution in [2.45, 2.75) is 32.7 Å².